The Balaban J connectivity index is 2.73. The standard InChI is InChI=1S/C16H20N2O2/c1-5-17(13(3)19)11-15-7-9-16(10-8-15)12-18(6-2)14(4)20/h5-10H,1-2,11-12H2,3-4H3. The summed E-state index contributed by atoms with van der Waals surface area (Å²) in [4.78, 5) is 25.7. The van der Waals surface area contributed by atoms with Gasteiger partial charge in [0, 0.05) is 13.8 Å². The monoisotopic (exact) mass is 272 g/mol. The average Bonchev–Trinajstić information content (AvgIpc) is 2.42. The minimum atomic E-state index is -0.0431. The van der Waals surface area contributed by atoms with Gasteiger partial charge < -0.3 is 9.80 Å². The van der Waals surface area contributed by atoms with Crippen molar-refractivity contribution in [3.05, 3.63) is 61.0 Å². The Morgan fingerprint density at radius 1 is 0.900 bits per heavy atom. The summed E-state index contributed by atoms with van der Waals surface area (Å²) in [6.45, 7) is 11.2. The van der Waals surface area contributed by atoms with Crippen LogP contribution in [-0.2, 0) is 22.7 Å². The minimum absolute atomic E-state index is 0.0431. The van der Waals surface area contributed by atoms with E-state index >= 15 is 0 Å². The molecule has 1 aromatic rings. The lowest BCUT2D eigenvalue weighted by Gasteiger charge is -2.17. The molecular formula is C16H20N2O2. The summed E-state index contributed by atoms with van der Waals surface area (Å²) in [6, 6.07) is 7.76. The highest BCUT2D eigenvalue weighted by atomic mass is 16.2. The first kappa shape index (κ1) is 15.7. The molecule has 0 aliphatic heterocycles. The molecule has 0 unspecified atom stereocenters. The van der Waals surface area contributed by atoms with E-state index in [1.165, 1.54) is 26.2 Å². The van der Waals surface area contributed by atoms with Crippen molar-refractivity contribution >= 4 is 11.8 Å². The van der Waals surface area contributed by atoms with E-state index in [0.29, 0.717) is 13.1 Å². The van der Waals surface area contributed by atoms with E-state index in [4.69, 9.17) is 0 Å². The molecule has 2 amide bonds. The summed E-state index contributed by atoms with van der Waals surface area (Å²) in [6.07, 6.45) is 3.04. The lowest BCUT2D eigenvalue weighted by molar-refractivity contribution is -0.127. The van der Waals surface area contributed by atoms with Crippen molar-refractivity contribution in [2.24, 2.45) is 0 Å². The predicted molar refractivity (Wildman–Crippen MR) is 79.3 cm³/mol. The van der Waals surface area contributed by atoms with Crippen LogP contribution in [0, 0.1) is 0 Å². The first-order valence-corrected chi connectivity index (χ1v) is 6.35. The van der Waals surface area contributed by atoms with Crippen molar-refractivity contribution in [3.63, 3.8) is 0 Å². The molecule has 106 valence electrons. The lowest BCUT2D eigenvalue weighted by atomic mass is 10.1. The highest BCUT2D eigenvalue weighted by Crippen LogP contribution is 2.10. The van der Waals surface area contributed by atoms with E-state index in [-0.39, 0.29) is 11.8 Å². The van der Waals surface area contributed by atoms with Crippen molar-refractivity contribution < 1.29 is 9.59 Å². The molecule has 0 aromatic heterocycles. The minimum Gasteiger partial charge on any atom is -0.316 e. The van der Waals surface area contributed by atoms with Crippen molar-refractivity contribution in [2.75, 3.05) is 0 Å². The van der Waals surface area contributed by atoms with Gasteiger partial charge in [0.2, 0.25) is 11.8 Å². The third-order valence-corrected chi connectivity index (χ3v) is 2.98. The maximum absolute atomic E-state index is 11.3. The van der Waals surface area contributed by atoms with Gasteiger partial charge in [-0.2, -0.15) is 0 Å². The number of rotatable bonds is 6. The Bertz CT molecular complexity index is 459. The largest absolute Gasteiger partial charge is 0.316 e. The summed E-state index contributed by atoms with van der Waals surface area (Å²) in [5.74, 6) is -0.0861. The first-order chi connectivity index (χ1) is 9.47. The topological polar surface area (TPSA) is 40.6 Å². The second kappa shape index (κ2) is 7.28. The second-order valence-electron chi connectivity index (χ2n) is 4.48. The quantitative estimate of drug-likeness (QED) is 0.799. The van der Waals surface area contributed by atoms with Gasteiger partial charge in [-0.25, -0.2) is 0 Å². The van der Waals surface area contributed by atoms with Crippen LogP contribution in [0.25, 0.3) is 0 Å². The summed E-state index contributed by atoms with van der Waals surface area (Å²) < 4.78 is 0. The van der Waals surface area contributed by atoms with E-state index in [1.54, 1.807) is 9.80 Å². The molecule has 0 spiro atoms. The number of carbonyl (C=O) groups is 2. The number of nitrogens with zero attached hydrogens (tertiary/aromatic N) is 2. The molecule has 0 fully saturated rings. The van der Waals surface area contributed by atoms with Crippen LogP contribution < -0.4 is 0 Å². The van der Waals surface area contributed by atoms with Gasteiger partial charge >= 0.3 is 0 Å². The van der Waals surface area contributed by atoms with Crippen molar-refractivity contribution in [3.8, 4) is 0 Å². The van der Waals surface area contributed by atoms with Crippen LogP contribution in [0.5, 0.6) is 0 Å². The molecule has 0 radical (unpaired) electrons. The molecule has 1 rings (SSSR count). The van der Waals surface area contributed by atoms with Gasteiger partial charge in [-0.3, -0.25) is 9.59 Å². The number of hydrogen-bond acceptors (Lipinski definition) is 2. The van der Waals surface area contributed by atoms with E-state index in [1.807, 2.05) is 24.3 Å². The van der Waals surface area contributed by atoms with Crippen LogP contribution in [0.3, 0.4) is 0 Å². The zero-order valence-corrected chi connectivity index (χ0v) is 12.0. The Morgan fingerprint density at radius 2 is 1.20 bits per heavy atom. The van der Waals surface area contributed by atoms with E-state index in [9.17, 15) is 9.59 Å². The second-order valence-corrected chi connectivity index (χ2v) is 4.48. The molecule has 0 bridgehead atoms. The number of carbonyl (C=O) groups excluding carboxylic acids is 2. The summed E-state index contributed by atoms with van der Waals surface area (Å²) in [5, 5.41) is 0. The third kappa shape index (κ3) is 4.39. The van der Waals surface area contributed by atoms with Gasteiger partial charge in [0.05, 0.1) is 13.1 Å². The van der Waals surface area contributed by atoms with E-state index in [2.05, 4.69) is 13.2 Å². The molecule has 0 saturated carbocycles. The van der Waals surface area contributed by atoms with Crippen molar-refractivity contribution in [1.29, 1.82) is 0 Å². The maximum atomic E-state index is 11.3. The zero-order chi connectivity index (χ0) is 15.1. The SMILES string of the molecule is C=CN(Cc1ccc(CN(C=C)C(C)=O)cc1)C(C)=O. The Kier molecular flexibility index (Phi) is 5.72. The van der Waals surface area contributed by atoms with Crippen LogP contribution in [0.15, 0.2) is 49.8 Å². The van der Waals surface area contributed by atoms with Gasteiger partial charge in [0.25, 0.3) is 0 Å². The van der Waals surface area contributed by atoms with Gasteiger partial charge in [-0.1, -0.05) is 37.4 Å². The van der Waals surface area contributed by atoms with Crippen LogP contribution in [0.2, 0.25) is 0 Å². The van der Waals surface area contributed by atoms with Gasteiger partial charge in [0.1, 0.15) is 0 Å². The molecule has 4 nitrogen and oxygen atoms in total. The van der Waals surface area contributed by atoms with Gasteiger partial charge in [-0.15, -0.1) is 0 Å². The van der Waals surface area contributed by atoms with Crippen LogP contribution >= 0.6 is 0 Å². The van der Waals surface area contributed by atoms with Gasteiger partial charge in [-0.05, 0) is 23.5 Å². The number of benzene rings is 1. The number of amides is 2. The zero-order valence-electron chi connectivity index (χ0n) is 12.0. The maximum Gasteiger partial charge on any atom is 0.223 e. The van der Waals surface area contributed by atoms with Crippen LogP contribution in [0.1, 0.15) is 25.0 Å². The molecule has 0 N–H and O–H groups in total. The fourth-order valence-electron chi connectivity index (χ4n) is 1.75. The molecule has 4 heteroatoms. The smallest absolute Gasteiger partial charge is 0.223 e. The molecule has 20 heavy (non-hydrogen) atoms. The molecule has 0 aliphatic carbocycles. The predicted octanol–water partition coefficient (Wildman–Crippen LogP) is 2.67. The Hall–Kier alpha value is -2.36. The molecule has 0 atom stereocenters. The Morgan fingerprint density at radius 3 is 1.40 bits per heavy atom. The average molecular weight is 272 g/mol. The highest BCUT2D eigenvalue weighted by molar-refractivity contribution is 5.74. The fraction of sp³-hybridized carbons (Fsp3) is 0.250. The molecule has 0 aliphatic rings. The van der Waals surface area contributed by atoms with Crippen LogP contribution in [-0.4, -0.2) is 21.6 Å². The normalized spacial score (nSPS) is 9.70. The van der Waals surface area contributed by atoms with Crippen LogP contribution in [0.4, 0.5) is 0 Å². The third-order valence-electron chi connectivity index (χ3n) is 2.98. The Labute approximate surface area is 120 Å². The lowest BCUT2D eigenvalue weighted by Crippen LogP contribution is -2.22. The van der Waals surface area contributed by atoms with Gasteiger partial charge in [0.15, 0.2) is 0 Å². The summed E-state index contributed by atoms with van der Waals surface area (Å²) in [7, 11) is 0. The molecule has 0 heterocycles. The van der Waals surface area contributed by atoms with E-state index in [0.717, 1.165) is 11.1 Å². The van der Waals surface area contributed by atoms with Crippen molar-refractivity contribution in [1.82, 2.24) is 9.80 Å². The fourth-order valence-corrected chi connectivity index (χ4v) is 1.75. The summed E-state index contributed by atoms with van der Waals surface area (Å²) in [5.41, 5.74) is 2.02. The van der Waals surface area contributed by atoms with Crippen molar-refractivity contribution in [2.45, 2.75) is 26.9 Å². The van der Waals surface area contributed by atoms with E-state index < -0.39 is 0 Å². The highest BCUT2D eigenvalue weighted by Gasteiger charge is 2.07. The molecular weight excluding hydrogens is 252 g/mol. The summed E-state index contributed by atoms with van der Waals surface area (Å²) >= 11 is 0. The molecule has 1 aromatic carbocycles. The first-order valence-electron chi connectivity index (χ1n) is 6.35. The number of hydrogen-bond donors (Lipinski definition) is 0. The molecule has 0 saturated heterocycles.